The van der Waals surface area contributed by atoms with Gasteiger partial charge in [0.1, 0.15) is 0 Å². The summed E-state index contributed by atoms with van der Waals surface area (Å²) in [5.41, 5.74) is 7.81. The summed E-state index contributed by atoms with van der Waals surface area (Å²) in [6, 6.07) is 12.3. The van der Waals surface area contributed by atoms with Crippen molar-refractivity contribution in [2.45, 2.75) is 48.3 Å². The van der Waals surface area contributed by atoms with Gasteiger partial charge in [-0.3, -0.25) is 4.79 Å². The molecule has 76 heavy (non-hydrogen) atoms. The minimum atomic E-state index is -0.283. The number of unbranched alkanes of at least 4 members (excludes halogenated alkanes) is 2. The molecule has 0 amide bonds. The first-order valence-electron chi connectivity index (χ1n) is 28.7. The van der Waals surface area contributed by atoms with Crippen LogP contribution >= 0.6 is 0 Å². The Balaban J connectivity index is 1.06. The molecular formula is C74H18O2. The molecule has 29 aromatic carbocycles. The second kappa shape index (κ2) is 7.01. The van der Waals surface area contributed by atoms with Crippen LogP contribution < -0.4 is 0 Å². The summed E-state index contributed by atoms with van der Waals surface area (Å²) in [5, 5.41) is 89.5. The quantitative estimate of drug-likeness (QED) is 0.0904. The van der Waals surface area contributed by atoms with Gasteiger partial charge in [0, 0.05) is 22.7 Å². The Morgan fingerprint density at radius 1 is 0.289 bits per heavy atom. The van der Waals surface area contributed by atoms with E-state index < -0.39 is 0 Å². The number of benzene rings is 19. The van der Waals surface area contributed by atoms with Gasteiger partial charge < -0.3 is 4.74 Å². The van der Waals surface area contributed by atoms with E-state index in [9.17, 15) is 4.79 Å². The Morgan fingerprint density at radius 2 is 0.500 bits per heavy atom. The fourth-order valence-electron chi connectivity index (χ4n) is 27.3. The first kappa shape index (κ1) is 29.9. The maximum absolute atomic E-state index is 12.8. The molecule has 1 saturated carbocycles. The lowest BCUT2D eigenvalue weighted by molar-refractivity contribution is -0.140. The van der Waals surface area contributed by atoms with Gasteiger partial charge in [-0.1, -0.05) is 43.2 Å². The summed E-state index contributed by atoms with van der Waals surface area (Å²) in [6.07, 6.45) is 4.56. The summed E-state index contributed by atoms with van der Waals surface area (Å²) in [4.78, 5) is 12.8. The predicted octanol–water partition coefficient (Wildman–Crippen LogP) is 19.4. The number of ether oxygens (including phenoxy) is 1. The lowest BCUT2D eigenvalue weighted by Crippen LogP contribution is -2.27. The molecule has 5 aliphatic rings. The van der Waals surface area contributed by atoms with E-state index in [1.807, 2.05) is 0 Å². The van der Waals surface area contributed by atoms with Gasteiger partial charge in [0.25, 0.3) is 0 Å². The first-order valence-corrected chi connectivity index (χ1v) is 28.7. The Hall–Kier alpha value is -8.85. The molecule has 0 unspecified atom stereocenters. The van der Waals surface area contributed by atoms with Crippen LogP contribution in [0.1, 0.15) is 59.9 Å². The van der Waals surface area contributed by atoms with E-state index in [4.69, 9.17) is 4.74 Å². The molecule has 326 valence electrons. The van der Waals surface area contributed by atoms with Gasteiger partial charge in [-0.25, -0.2) is 0 Å². The Labute approximate surface area is 417 Å². The molecular weight excluding hydrogens is 921 g/mol. The number of carbonyl (C=O) groups is 1. The standard InChI is InChI=1S/C74H18O2/c1-76-13(75)10-6-3-7-11-72(12-8-4-2-5-9-12)73-68-60-52-42-32-24-16-14-15-18-22-20(16)28-36-30(22)40-34-26(18)27-19(15)23-21-17(14)25(24)33-39-29(21)37-31(23)41-35(27)45-44(34)54-48(40)58-50(36)56(46(52)38(28)32)64(68)66(58)70-62(54)63-55(45)49(41)59-51(37)57-47(39)53(43(33)42)61(60)69(73)65(57)67(59)71(63)74(70,72)73/h2,4-5,8-9H,3,6-7,10-11H2,1H3. The minimum Gasteiger partial charge on any atom is -0.469 e. The van der Waals surface area contributed by atoms with E-state index in [2.05, 4.69) is 30.3 Å². The molecule has 0 atom stereocenters. The summed E-state index contributed by atoms with van der Waals surface area (Å²) in [7, 11) is 1.56. The third-order valence-corrected chi connectivity index (χ3v) is 27.5. The molecule has 0 radical (unpaired) electrons. The van der Waals surface area contributed by atoms with Gasteiger partial charge in [-0.15, -0.1) is 0 Å². The molecule has 0 aromatic heterocycles. The number of rotatable bonds is 7. The first-order chi connectivity index (χ1) is 37.8. The van der Waals surface area contributed by atoms with Crippen LogP contribution in [0.2, 0.25) is 0 Å². The maximum Gasteiger partial charge on any atom is 0.305 e. The molecule has 0 heterocycles. The SMILES string of the molecule is COC(=O)CCCCCC1(c2ccccc2)C23c4c5c6c7c8c9c(c%10c%11c2c2c4c4c%12c5c5c6c6c8c8c%13c9c9c%10c%10c%11c%11c2c2c4c4c%12c%12c5c5c6c8c6c8c%13c9c9c%10c%10c%11c2c2c4c4c%12c5c6c5c8c9c%10c2c45)C713. The number of hydrogen-bond acceptors (Lipinski definition) is 2. The van der Waals surface area contributed by atoms with Crippen molar-refractivity contribution >= 4 is 297 Å². The van der Waals surface area contributed by atoms with Crippen LogP contribution in [-0.2, 0) is 25.8 Å². The van der Waals surface area contributed by atoms with Crippen molar-refractivity contribution in [2.24, 2.45) is 0 Å². The van der Waals surface area contributed by atoms with Crippen molar-refractivity contribution < 1.29 is 9.53 Å². The van der Waals surface area contributed by atoms with Crippen molar-refractivity contribution in [1.29, 1.82) is 0 Å². The molecule has 1 fully saturated rings. The van der Waals surface area contributed by atoms with E-state index in [0.717, 1.165) is 25.7 Å². The lowest BCUT2D eigenvalue weighted by atomic mass is 9.68. The predicted molar refractivity (Wildman–Crippen MR) is 317 cm³/mol. The minimum absolute atomic E-state index is 0.0763. The Bertz CT molecular complexity index is 7010. The van der Waals surface area contributed by atoms with Crippen molar-refractivity contribution in [3.05, 3.63) is 58.1 Å². The highest BCUT2D eigenvalue weighted by Crippen LogP contribution is 2.97. The zero-order valence-corrected chi connectivity index (χ0v) is 39.7. The van der Waals surface area contributed by atoms with Crippen molar-refractivity contribution in [2.75, 3.05) is 7.11 Å². The molecule has 0 saturated heterocycles. The summed E-state index contributed by atoms with van der Waals surface area (Å²) in [5.74, 6) is -0.0763. The largest absolute Gasteiger partial charge is 0.469 e. The average molecular weight is 939 g/mol. The summed E-state index contributed by atoms with van der Waals surface area (Å²) in [6.45, 7) is 0. The van der Waals surface area contributed by atoms with E-state index in [1.165, 1.54) is 0 Å². The number of hydrogen-bond donors (Lipinski definition) is 0. The van der Waals surface area contributed by atoms with Crippen LogP contribution in [0.4, 0.5) is 0 Å². The molecule has 2 spiro atoms. The molecule has 34 rings (SSSR count). The highest BCUT2D eigenvalue weighted by Gasteiger charge is 2.94. The van der Waals surface area contributed by atoms with Crippen molar-refractivity contribution in [3.63, 3.8) is 0 Å². The van der Waals surface area contributed by atoms with Gasteiger partial charge in [-0.2, -0.15) is 0 Å². The Morgan fingerprint density at radius 3 is 0.711 bits per heavy atom. The van der Waals surface area contributed by atoms with E-state index in [0.29, 0.717) is 6.42 Å². The van der Waals surface area contributed by atoms with Gasteiger partial charge in [0.2, 0.25) is 0 Å². The van der Waals surface area contributed by atoms with E-state index in [1.54, 1.807) is 326 Å². The normalized spacial score (nSPS) is 23.3. The zero-order chi connectivity index (χ0) is 45.9. The van der Waals surface area contributed by atoms with E-state index >= 15 is 0 Å². The van der Waals surface area contributed by atoms with Gasteiger partial charge in [0.05, 0.1) is 7.11 Å². The highest BCUT2D eigenvalue weighted by atomic mass is 16.5. The molecule has 0 bridgehead atoms. The smallest absolute Gasteiger partial charge is 0.305 e. The second-order valence-corrected chi connectivity index (χ2v) is 27.7. The molecule has 0 N–H and O–H groups in total. The fraction of sp³-hybridized carbons (Fsp3) is 0.122. The van der Waals surface area contributed by atoms with E-state index in [-0.39, 0.29) is 22.2 Å². The third kappa shape index (κ3) is 1.63. The average Bonchev–Trinajstić information content (AvgIpc) is 2.76. The molecule has 5 aliphatic carbocycles. The van der Waals surface area contributed by atoms with Crippen LogP contribution in [0.3, 0.4) is 0 Å². The van der Waals surface area contributed by atoms with Gasteiger partial charge in [-0.05, 0) is 332 Å². The lowest BCUT2D eigenvalue weighted by Gasteiger charge is -2.32. The zero-order valence-electron chi connectivity index (χ0n) is 39.7. The number of esters is 1. The maximum atomic E-state index is 12.8. The molecule has 2 nitrogen and oxygen atoms in total. The fourth-order valence-corrected chi connectivity index (χ4v) is 27.3. The number of methoxy groups -OCH3 is 1. The van der Waals surface area contributed by atoms with Crippen LogP contribution in [0, 0.1) is 0 Å². The highest BCUT2D eigenvalue weighted by molar-refractivity contribution is 6.82. The van der Waals surface area contributed by atoms with Crippen molar-refractivity contribution in [1.82, 2.24) is 0 Å². The monoisotopic (exact) mass is 938 g/mol. The second-order valence-electron chi connectivity index (χ2n) is 27.7. The number of carbonyl (C=O) groups excluding carboxylic acids is 1. The molecule has 0 aliphatic heterocycles. The molecule has 29 aromatic rings. The van der Waals surface area contributed by atoms with Crippen LogP contribution in [0.15, 0.2) is 30.3 Å². The summed E-state index contributed by atoms with van der Waals surface area (Å²) >= 11 is 0. The summed E-state index contributed by atoms with van der Waals surface area (Å²) < 4.78 is 5.28. The van der Waals surface area contributed by atoms with Gasteiger partial charge >= 0.3 is 5.97 Å². The third-order valence-electron chi connectivity index (χ3n) is 27.5. The van der Waals surface area contributed by atoms with Crippen LogP contribution in [-0.4, -0.2) is 13.1 Å². The van der Waals surface area contributed by atoms with Gasteiger partial charge in [0.15, 0.2) is 0 Å². The topological polar surface area (TPSA) is 26.3 Å². The van der Waals surface area contributed by atoms with Crippen LogP contribution in [0.25, 0.3) is 291 Å². The molecule has 2 heteroatoms. The Kier molecular flexibility index (Phi) is 2.76. The van der Waals surface area contributed by atoms with Crippen LogP contribution in [0.5, 0.6) is 0 Å². The van der Waals surface area contributed by atoms with Crippen molar-refractivity contribution in [3.8, 4) is 0 Å².